The third-order valence-electron chi connectivity index (χ3n) is 5.20. The number of benzene rings is 1. The average molecular weight is 285 g/mol. The van der Waals surface area contributed by atoms with E-state index in [9.17, 15) is 5.11 Å². The van der Waals surface area contributed by atoms with Gasteiger partial charge in [-0.2, -0.15) is 0 Å². The van der Waals surface area contributed by atoms with Crippen molar-refractivity contribution in [3.8, 4) is 5.75 Å². The maximum atomic E-state index is 10.6. The van der Waals surface area contributed by atoms with Gasteiger partial charge >= 0.3 is 0 Å². The fourth-order valence-corrected chi connectivity index (χ4v) is 4.05. The van der Waals surface area contributed by atoms with E-state index in [1.165, 1.54) is 31.2 Å². The minimum atomic E-state index is -0.0505. The normalized spacial score (nSPS) is 28.7. The van der Waals surface area contributed by atoms with Gasteiger partial charge in [0.25, 0.3) is 0 Å². The molecule has 0 aromatic heterocycles. The summed E-state index contributed by atoms with van der Waals surface area (Å²) in [6, 6.07) is 4.62. The van der Waals surface area contributed by atoms with E-state index in [1.807, 2.05) is 12.3 Å². The topological polar surface area (TPSA) is 32.6 Å². The van der Waals surface area contributed by atoms with Gasteiger partial charge in [0.05, 0.1) is 6.04 Å². The van der Waals surface area contributed by atoms with Gasteiger partial charge in [0.15, 0.2) is 0 Å². The molecular formula is C19H27NO. The van der Waals surface area contributed by atoms with E-state index in [0.29, 0.717) is 11.8 Å². The second kappa shape index (κ2) is 5.15. The molecule has 3 unspecified atom stereocenters. The van der Waals surface area contributed by atoms with Crippen LogP contribution in [0.1, 0.15) is 63.1 Å². The smallest absolute Gasteiger partial charge is 0.128 e. The van der Waals surface area contributed by atoms with Gasteiger partial charge in [-0.25, -0.2) is 0 Å². The van der Waals surface area contributed by atoms with Gasteiger partial charge in [0.2, 0.25) is 0 Å². The lowest BCUT2D eigenvalue weighted by Crippen LogP contribution is -2.15. The molecule has 21 heavy (non-hydrogen) atoms. The molecule has 0 radical (unpaired) electrons. The number of aromatic hydroxyl groups is 1. The number of aliphatic imine (C=N–C) groups is 1. The Bertz CT molecular complexity index is 568. The van der Waals surface area contributed by atoms with E-state index < -0.39 is 0 Å². The lowest BCUT2D eigenvalue weighted by Gasteiger charge is -2.22. The number of phenolic OH excluding ortho intramolecular Hbond substituents is 1. The fourth-order valence-electron chi connectivity index (χ4n) is 4.05. The van der Waals surface area contributed by atoms with Crippen LogP contribution in [-0.2, 0) is 5.41 Å². The third kappa shape index (κ3) is 2.86. The summed E-state index contributed by atoms with van der Waals surface area (Å²) >= 11 is 0. The van der Waals surface area contributed by atoms with Gasteiger partial charge in [-0.3, -0.25) is 4.99 Å². The molecule has 2 bridgehead atoms. The van der Waals surface area contributed by atoms with Crippen LogP contribution in [-0.4, -0.2) is 17.4 Å². The molecule has 114 valence electrons. The summed E-state index contributed by atoms with van der Waals surface area (Å²) < 4.78 is 0. The number of aryl methyl sites for hydroxylation is 1. The highest BCUT2D eigenvalue weighted by atomic mass is 16.3. The number of nitrogens with zero attached hydrogens (tertiary/aromatic N) is 1. The minimum Gasteiger partial charge on any atom is -0.507 e. The van der Waals surface area contributed by atoms with E-state index in [4.69, 9.17) is 4.99 Å². The van der Waals surface area contributed by atoms with Crippen molar-refractivity contribution in [3.05, 3.63) is 28.8 Å². The molecule has 1 aromatic rings. The van der Waals surface area contributed by atoms with Crippen LogP contribution in [0.5, 0.6) is 5.75 Å². The highest BCUT2D eigenvalue weighted by molar-refractivity contribution is 5.85. The van der Waals surface area contributed by atoms with Crippen LogP contribution < -0.4 is 0 Å². The standard InChI is InChI=1S/C19H27NO/c1-12-7-15(18(21)16(8-12)19(2,3)4)11-20-17-10-13-5-6-14(17)9-13/h7-8,11,13-14,17,21H,5-6,9-10H2,1-4H3. The zero-order chi connectivity index (χ0) is 15.2. The van der Waals surface area contributed by atoms with Gasteiger partial charge in [-0.05, 0) is 55.1 Å². The summed E-state index contributed by atoms with van der Waals surface area (Å²) in [6.07, 6.45) is 7.29. The SMILES string of the molecule is Cc1cc(C=NC2CC3CCC2C3)c(O)c(C(C)(C)C)c1. The molecule has 2 nitrogen and oxygen atoms in total. The van der Waals surface area contributed by atoms with Crippen molar-refractivity contribution in [2.75, 3.05) is 0 Å². The zero-order valence-electron chi connectivity index (χ0n) is 13.7. The second-order valence-corrected chi connectivity index (χ2v) is 8.02. The van der Waals surface area contributed by atoms with Crippen LogP contribution in [0.4, 0.5) is 0 Å². The molecule has 2 aliphatic carbocycles. The number of fused-ring (bicyclic) bond motifs is 2. The van der Waals surface area contributed by atoms with Gasteiger partial charge in [0, 0.05) is 17.3 Å². The molecular weight excluding hydrogens is 258 g/mol. The molecule has 2 heteroatoms. The third-order valence-corrected chi connectivity index (χ3v) is 5.20. The Labute approximate surface area is 128 Å². The van der Waals surface area contributed by atoms with Crippen LogP contribution >= 0.6 is 0 Å². The quantitative estimate of drug-likeness (QED) is 0.791. The zero-order valence-corrected chi connectivity index (χ0v) is 13.7. The summed E-state index contributed by atoms with van der Waals surface area (Å²) in [6.45, 7) is 8.50. The van der Waals surface area contributed by atoms with Crippen molar-refractivity contribution in [1.29, 1.82) is 0 Å². The summed E-state index contributed by atoms with van der Waals surface area (Å²) in [5.41, 5.74) is 3.03. The first-order valence-electron chi connectivity index (χ1n) is 8.22. The van der Waals surface area contributed by atoms with Gasteiger partial charge < -0.3 is 5.11 Å². The van der Waals surface area contributed by atoms with Crippen molar-refractivity contribution in [2.24, 2.45) is 16.8 Å². The van der Waals surface area contributed by atoms with Crippen LogP contribution in [0.2, 0.25) is 0 Å². The molecule has 1 N–H and O–H groups in total. The summed E-state index contributed by atoms with van der Waals surface area (Å²) in [4.78, 5) is 4.82. The molecule has 2 saturated carbocycles. The van der Waals surface area contributed by atoms with Gasteiger partial charge in [0.1, 0.15) is 5.75 Å². The summed E-state index contributed by atoms with van der Waals surface area (Å²) in [7, 11) is 0. The molecule has 0 aliphatic heterocycles. The number of rotatable bonds is 2. The molecule has 2 fully saturated rings. The van der Waals surface area contributed by atoms with Crippen molar-refractivity contribution >= 4 is 6.21 Å². The van der Waals surface area contributed by atoms with E-state index in [-0.39, 0.29) is 5.41 Å². The van der Waals surface area contributed by atoms with Gasteiger partial charge in [-0.1, -0.05) is 33.3 Å². The Kier molecular flexibility index (Phi) is 3.59. The highest BCUT2D eigenvalue weighted by Gasteiger charge is 2.39. The highest BCUT2D eigenvalue weighted by Crippen LogP contribution is 2.46. The van der Waals surface area contributed by atoms with Gasteiger partial charge in [-0.15, -0.1) is 0 Å². The molecule has 0 heterocycles. The van der Waals surface area contributed by atoms with Crippen LogP contribution in [0.25, 0.3) is 0 Å². The predicted molar refractivity (Wildman–Crippen MR) is 88.4 cm³/mol. The number of hydrogen-bond donors (Lipinski definition) is 1. The molecule has 3 rings (SSSR count). The molecule has 2 aliphatic rings. The Morgan fingerprint density at radius 3 is 2.52 bits per heavy atom. The maximum absolute atomic E-state index is 10.6. The van der Waals surface area contributed by atoms with Crippen molar-refractivity contribution in [1.82, 2.24) is 0 Å². The van der Waals surface area contributed by atoms with Crippen LogP contribution in [0.3, 0.4) is 0 Å². The van der Waals surface area contributed by atoms with E-state index in [1.54, 1.807) is 0 Å². The number of hydrogen-bond acceptors (Lipinski definition) is 2. The van der Waals surface area contributed by atoms with Crippen molar-refractivity contribution < 1.29 is 5.11 Å². The Balaban J connectivity index is 1.87. The molecule has 3 atom stereocenters. The first-order valence-corrected chi connectivity index (χ1v) is 8.22. The Hall–Kier alpha value is -1.31. The minimum absolute atomic E-state index is 0.0505. The molecule has 0 saturated heterocycles. The van der Waals surface area contributed by atoms with E-state index in [0.717, 1.165) is 23.0 Å². The summed E-state index contributed by atoms with van der Waals surface area (Å²) in [5, 5.41) is 10.6. The first kappa shape index (κ1) is 14.6. The first-order chi connectivity index (χ1) is 9.84. The summed E-state index contributed by atoms with van der Waals surface area (Å²) in [5.74, 6) is 2.11. The number of phenols is 1. The fraction of sp³-hybridized carbons (Fsp3) is 0.632. The Morgan fingerprint density at radius 2 is 1.95 bits per heavy atom. The average Bonchev–Trinajstić information content (AvgIpc) is 3.00. The lowest BCUT2D eigenvalue weighted by molar-refractivity contribution is 0.421. The van der Waals surface area contributed by atoms with Crippen LogP contribution in [0, 0.1) is 18.8 Å². The largest absolute Gasteiger partial charge is 0.507 e. The van der Waals surface area contributed by atoms with Crippen molar-refractivity contribution in [3.63, 3.8) is 0 Å². The lowest BCUT2D eigenvalue weighted by atomic mass is 9.84. The maximum Gasteiger partial charge on any atom is 0.128 e. The monoisotopic (exact) mass is 285 g/mol. The van der Waals surface area contributed by atoms with Crippen molar-refractivity contribution in [2.45, 2.75) is 64.8 Å². The molecule has 0 spiro atoms. The molecule has 0 amide bonds. The van der Waals surface area contributed by atoms with E-state index >= 15 is 0 Å². The second-order valence-electron chi connectivity index (χ2n) is 8.02. The Morgan fingerprint density at radius 1 is 1.19 bits per heavy atom. The predicted octanol–water partition coefficient (Wildman–Crippen LogP) is 4.61. The molecule has 1 aromatic carbocycles. The van der Waals surface area contributed by atoms with E-state index in [2.05, 4.69) is 33.8 Å². The van der Waals surface area contributed by atoms with Crippen LogP contribution in [0.15, 0.2) is 17.1 Å².